The molecule has 0 aliphatic heterocycles. The van der Waals surface area contributed by atoms with Gasteiger partial charge in [0.05, 0.1) is 18.1 Å². The van der Waals surface area contributed by atoms with Crippen LogP contribution in [0.3, 0.4) is 0 Å². The number of aliphatic hydroxyl groups excluding tert-OH is 1. The normalized spacial score (nSPS) is 16.9. The minimum atomic E-state index is -1.06. The lowest BCUT2D eigenvalue weighted by Crippen LogP contribution is -2.45. The standard InChI is InChI=1S/C16H24FNO3/c1-4-11(2)16(3,21)10-18-15(20)9-14(19)12-6-5-7-13(17)8-12/h5-8,11,14,19,21H,4,9-10H2,1-3H3,(H,18,20). The number of carbonyl (C=O) groups excluding carboxylic acids is 1. The monoisotopic (exact) mass is 297 g/mol. The predicted molar refractivity (Wildman–Crippen MR) is 79.1 cm³/mol. The average Bonchev–Trinajstić information content (AvgIpc) is 2.44. The van der Waals surface area contributed by atoms with Crippen LogP contribution in [0.25, 0.3) is 0 Å². The van der Waals surface area contributed by atoms with Crippen LogP contribution in [-0.2, 0) is 4.79 Å². The maximum atomic E-state index is 13.1. The Kier molecular flexibility index (Phi) is 6.30. The Hall–Kier alpha value is -1.46. The number of carbonyl (C=O) groups is 1. The molecule has 1 amide bonds. The average molecular weight is 297 g/mol. The first-order valence-electron chi connectivity index (χ1n) is 7.19. The van der Waals surface area contributed by atoms with E-state index in [4.69, 9.17) is 0 Å². The van der Waals surface area contributed by atoms with E-state index in [1.807, 2.05) is 13.8 Å². The highest BCUT2D eigenvalue weighted by molar-refractivity contribution is 5.76. The fourth-order valence-electron chi connectivity index (χ4n) is 1.97. The van der Waals surface area contributed by atoms with Gasteiger partial charge in [0.25, 0.3) is 0 Å². The van der Waals surface area contributed by atoms with Crippen molar-refractivity contribution in [1.29, 1.82) is 0 Å². The highest BCUT2D eigenvalue weighted by Gasteiger charge is 2.27. The van der Waals surface area contributed by atoms with Gasteiger partial charge >= 0.3 is 0 Å². The zero-order chi connectivity index (χ0) is 16.0. The van der Waals surface area contributed by atoms with Crippen LogP contribution in [0.2, 0.25) is 0 Å². The molecule has 0 radical (unpaired) electrons. The Labute approximate surface area is 125 Å². The first kappa shape index (κ1) is 17.6. The van der Waals surface area contributed by atoms with E-state index in [0.29, 0.717) is 5.56 Å². The number of rotatable bonds is 7. The van der Waals surface area contributed by atoms with Crippen LogP contribution < -0.4 is 5.32 Å². The number of benzene rings is 1. The zero-order valence-corrected chi connectivity index (χ0v) is 12.8. The second-order valence-corrected chi connectivity index (χ2v) is 5.72. The number of amides is 1. The summed E-state index contributed by atoms with van der Waals surface area (Å²) in [6.07, 6.45) is -0.427. The Bertz CT molecular complexity index is 476. The molecule has 0 heterocycles. The molecule has 0 saturated heterocycles. The number of hydrogen-bond donors (Lipinski definition) is 3. The molecule has 3 atom stereocenters. The number of nitrogens with one attached hydrogen (secondary N) is 1. The molecule has 0 saturated carbocycles. The summed E-state index contributed by atoms with van der Waals surface area (Å²) in [6.45, 7) is 5.67. The van der Waals surface area contributed by atoms with E-state index in [0.717, 1.165) is 6.42 Å². The van der Waals surface area contributed by atoms with Crippen molar-refractivity contribution < 1.29 is 19.4 Å². The summed E-state index contributed by atoms with van der Waals surface area (Å²) < 4.78 is 13.1. The van der Waals surface area contributed by atoms with Crippen LogP contribution in [-0.4, -0.2) is 28.3 Å². The van der Waals surface area contributed by atoms with E-state index in [1.165, 1.54) is 18.2 Å². The SMILES string of the molecule is CCC(C)C(C)(O)CNC(=O)CC(O)c1cccc(F)c1. The molecule has 0 aliphatic rings. The van der Waals surface area contributed by atoms with Crippen molar-refractivity contribution in [2.24, 2.45) is 5.92 Å². The molecule has 0 fully saturated rings. The first-order chi connectivity index (χ1) is 9.76. The molecule has 3 N–H and O–H groups in total. The third kappa shape index (κ3) is 5.44. The van der Waals surface area contributed by atoms with Crippen LogP contribution >= 0.6 is 0 Å². The summed E-state index contributed by atoms with van der Waals surface area (Å²) in [5, 5.41) is 22.7. The number of halogens is 1. The van der Waals surface area contributed by atoms with Gasteiger partial charge in [-0.1, -0.05) is 32.4 Å². The van der Waals surface area contributed by atoms with Gasteiger partial charge in [0.2, 0.25) is 5.91 Å². The predicted octanol–water partition coefficient (Wildman–Crippen LogP) is 2.16. The molecule has 21 heavy (non-hydrogen) atoms. The van der Waals surface area contributed by atoms with Gasteiger partial charge in [-0.3, -0.25) is 4.79 Å². The molecule has 0 bridgehead atoms. The first-order valence-corrected chi connectivity index (χ1v) is 7.19. The Balaban J connectivity index is 2.50. The summed E-state index contributed by atoms with van der Waals surface area (Å²) in [4.78, 5) is 11.8. The van der Waals surface area contributed by atoms with Gasteiger partial charge in [0, 0.05) is 6.54 Å². The zero-order valence-electron chi connectivity index (χ0n) is 12.8. The van der Waals surface area contributed by atoms with Crippen molar-refractivity contribution in [1.82, 2.24) is 5.32 Å². The van der Waals surface area contributed by atoms with Gasteiger partial charge < -0.3 is 15.5 Å². The van der Waals surface area contributed by atoms with E-state index >= 15 is 0 Å². The van der Waals surface area contributed by atoms with Gasteiger partial charge in [0.1, 0.15) is 5.82 Å². The molecule has 1 aromatic carbocycles. The fourth-order valence-corrected chi connectivity index (χ4v) is 1.97. The smallest absolute Gasteiger partial charge is 0.223 e. The Morgan fingerprint density at radius 1 is 1.48 bits per heavy atom. The molecule has 5 heteroatoms. The number of hydrogen-bond acceptors (Lipinski definition) is 3. The second-order valence-electron chi connectivity index (χ2n) is 5.72. The quantitative estimate of drug-likeness (QED) is 0.722. The van der Waals surface area contributed by atoms with Crippen molar-refractivity contribution in [3.05, 3.63) is 35.6 Å². The third-order valence-electron chi connectivity index (χ3n) is 3.93. The van der Waals surface area contributed by atoms with Crippen LogP contribution in [0.5, 0.6) is 0 Å². The lowest BCUT2D eigenvalue weighted by Gasteiger charge is -2.29. The molecule has 4 nitrogen and oxygen atoms in total. The molecule has 0 aliphatic carbocycles. The Morgan fingerprint density at radius 2 is 2.14 bits per heavy atom. The van der Waals surface area contributed by atoms with Gasteiger partial charge in [-0.15, -0.1) is 0 Å². The maximum absolute atomic E-state index is 13.1. The molecule has 1 rings (SSSR count). The lowest BCUT2D eigenvalue weighted by molar-refractivity contribution is -0.124. The van der Waals surface area contributed by atoms with E-state index in [9.17, 15) is 19.4 Å². The van der Waals surface area contributed by atoms with Crippen LogP contribution in [0.15, 0.2) is 24.3 Å². The van der Waals surface area contributed by atoms with Crippen LogP contribution in [0.4, 0.5) is 4.39 Å². The van der Waals surface area contributed by atoms with E-state index in [-0.39, 0.29) is 24.8 Å². The molecular weight excluding hydrogens is 273 g/mol. The minimum Gasteiger partial charge on any atom is -0.388 e. The third-order valence-corrected chi connectivity index (χ3v) is 3.93. The van der Waals surface area contributed by atoms with Crippen molar-refractivity contribution >= 4 is 5.91 Å². The molecule has 0 aromatic heterocycles. The topological polar surface area (TPSA) is 69.6 Å². The molecule has 3 unspecified atom stereocenters. The largest absolute Gasteiger partial charge is 0.388 e. The lowest BCUT2D eigenvalue weighted by atomic mass is 9.88. The van der Waals surface area contributed by atoms with E-state index in [2.05, 4.69) is 5.32 Å². The molecule has 118 valence electrons. The van der Waals surface area contributed by atoms with Crippen molar-refractivity contribution in [3.8, 4) is 0 Å². The second kappa shape index (κ2) is 7.52. The summed E-state index contributed by atoms with van der Waals surface area (Å²) in [7, 11) is 0. The summed E-state index contributed by atoms with van der Waals surface area (Å²) >= 11 is 0. The van der Waals surface area contributed by atoms with Crippen molar-refractivity contribution in [2.75, 3.05) is 6.54 Å². The fraction of sp³-hybridized carbons (Fsp3) is 0.562. The maximum Gasteiger partial charge on any atom is 0.223 e. The van der Waals surface area contributed by atoms with Gasteiger partial charge in [-0.2, -0.15) is 0 Å². The van der Waals surface area contributed by atoms with Crippen molar-refractivity contribution in [3.63, 3.8) is 0 Å². The summed E-state index contributed by atoms with van der Waals surface area (Å²) in [6, 6.07) is 5.53. The van der Waals surface area contributed by atoms with Gasteiger partial charge in [-0.05, 0) is 30.5 Å². The molecule has 0 spiro atoms. The van der Waals surface area contributed by atoms with Crippen molar-refractivity contribution in [2.45, 2.75) is 45.3 Å². The molecular formula is C16H24FNO3. The van der Waals surface area contributed by atoms with E-state index in [1.54, 1.807) is 13.0 Å². The van der Waals surface area contributed by atoms with Gasteiger partial charge in [0.15, 0.2) is 0 Å². The molecule has 1 aromatic rings. The minimum absolute atomic E-state index is 0.0472. The van der Waals surface area contributed by atoms with E-state index < -0.39 is 17.5 Å². The number of aliphatic hydroxyl groups is 2. The highest BCUT2D eigenvalue weighted by atomic mass is 19.1. The van der Waals surface area contributed by atoms with Crippen LogP contribution in [0.1, 0.15) is 45.3 Å². The summed E-state index contributed by atoms with van der Waals surface area (Å²) in [5.41, 5.74) is -0.632. The highest BCUT2D eigenvalue weighted by Crippen LogP contribution is 2.20. The Morgan fingerprint density at radius 3 is 2.71 bits per heavy atom. The van der Waals surface area contributed by atoms with Crippen LogP contribution in [0, 0.1) is 11.7 Å². The summed E-state index contributed by atoms with van der Waals surface area (Å²) in [5.74, 6) is -0.784. The van der Waals surface area contributed by atoms with Gasteiger partial charge in [-0.25, -0.2) is 4.39 Å².